The highest BCUT2D eigenvalue weighted by Gasteiger charge is 2.49. The lowest BCUT2D eigenvalue weighted by molar-refractivity contribution is -0.127. The maximum atomic E-state index is 12.9. The third-order valence-corrected chi connectivity index (χ3v) is 7.04. The van der Waals surface area contributed by atoms with E-state index in [0.29, 0.717) is 12.5 Å². The van der Waals surface area contributed by atoms with Gasteiger partial charge < -0.3 is 14.7 Å². The molecule has 3 aliphatic rings. The van der Waals surface area contributed by atoms with E-state index < -0.39 is 12.2 Å². The summed E-state index contributed by atoms with van der Waals surface area (Å²) in [6.07, 6.45) is 2.78. The lowest BCUT2D eigenvalue weighted by atomic mass is 9.90. The molecule has 2 fully saturated rings. The zero-order chi connectivity index (χ0) is 22.9. The van der Waals surface area contributed by atoms with Crippen molar-refractivity contribution in [2.24, 2.45) is 10.9 Å². The van der Waals surface area contributed by atoms with Crippen LogP contribution in [0.4, 0.5) is 4.79 Å². The minimum absolute atomic E-state index is 0.270. The number of urea groups is 1. The van der Waals surface area contributed by atoms with Crippen LogP contribution in [0.5, 0.6) is 0 Å². The predicted molar refractivity (Wildman–Crippen MR) is 127 cm³/mol. The van der Waals surface area contributed by atoms with Crippen molar-refractivity contribution in [1.29, 1.82) is 0 Å². The van der Waals surface area contributed by atoms with E-state index in [1.54, 1.807) is 11.9 Å². The van der Waals surface area contributed by atoms with Gasteiger partial charge in [0.2, 0.25) is 0 Å². The summed E-state index contributed by atoms with van der Waals surface area (Å²) in [7, 11) is 1.71. The molecule has 5 rings (SSSR count). The Kier molecular flexibility index (Phi) is 5.79. The molecule has 2 unspecified atom stereocenters. The zero-order valence-corrected chi connectivity index (χ0v) is 19.3. The topological polar surface area (TPSA) is 68.2 Å². The second-order valence-electron chi connectivity index (χ2n) is 9.43. The molecule has 7 nitrogen and oxygen atoms in total. The smallest absolute Gasteiger partial charge is 0.325 e. The molecular weight excluding hydrogens is 414 g/mol. The Labute approximate surface area is 195 Å². The standard InChI is InChI=1S/C26H31N5O2/c1-18-7-6-10-21(15-18)17-31-22-23(29(2)26(33)28-24(22)32)27-25(31)30-13-11-20(12-14-30)16-19-8-4-3-5-9-19/h3-10,15,20,22-23H,11-14,16-17H2,1-2H3,(H,28,32,33). The summed E-state index contributed by atoms with van der Waals surface area (Å²) < 4.78 is 0. The van der Waals surface area contributed by atoms with Gasteiger partial charge in [-0.15, -0.1) is 0 Å². The van der Waals surface area contributed by atoms with E-state index in [1.807, 2.05) is 6.07 Å². The number of aryl methyl sites for hydroxylation is 1. The molecule has 2 atom stereocenters. The van der Waals surface area contributed by atoms with Crippen molar-refractivity contribution in [3.05, 3.63) is 71.3 Å². The Morgan fingerprint density at radius 1 is 1.00 bits per heavy atom. The van der Waals surface area contributed by atoms with Gasteiger partial charge in [-0.3, -0.25) is 10.1 Å². The number of nitrogens with one attached hydrogen (secondary N) is 1. The second-order valence-corrected chi connectivity index (χ2v) is 9.43. The zero-order valence-electron chi connectivity index (χ0n) is 19.3. The number of carbonyl (C=O) groups is 2. The number of likely N-dealkylation sites (N-methyl/N-ethyl adjacent to an activating group) is 1. The summed E-state index contributed by atoms with van der Waals surface area (Å²) in [4.78, 5) is 36.0. The summed E-state index contributed by atoms with van der Waals surface area (Å²) in [6, 6.07) is 18.1. The van der Waals surface area contributed by atoms with Crippen molar-refractivity contribution < 1.29 is 9.59 Å². The van der Waals surface area contributed by atoms with Crippen LogP contribution in [0.2, 0.25) is 0 Å². The number of aliphatic imine (C=N–C) groups is 1. The minimum atomic E-state index is -0.509. The second kappa shape index (κ2) is 8.89. The summed E-state index contributed by atoms with van der Waals surface area (Å²) >= 11 is 0. The molecule has 0 saturated carbocycles. The number of likely N-dealkylation sites (tertiary alicyclic amines) is 1. The van der Waals surface area contributed by atoms with Gasteiger partial charge in [0.25, 0.3) is 5.91 Å². The molecular formula is C26H31N5O2. The summed E-state index contributed by atoms with van der Waals surface area (Å²) in [5.41, 5.74) is 3.71. The van der Waals surface area contributed by atoms with Crippen molar-refractivity contribution in [3.8, 4) is 0 Å². The maximum Gasteiger partial charge on any atom is 0.325 e. The first-order chi connectivity index (χ1) is 16.0. The van der Waals surface area contributed by atoms with Crippen molar-refractivity contribution in [1.82, 2.24) is 20.0 Å². The van der Waals surface area contributed by atoms with Gasteiger partial charge in [-0.25, -0.2) is 9.79 Å². The lowest BCUT2D eigenvalue weighted by Gasteiger charge is -2.39. The quantitative estimate of drug-likeness (QED) is 0.786. The van der Waals surface area contributed by atoms with E-state index in [-0.39, 0.29) is 11.9 Å². The first-order valence-corrected chi connectivity index (χ1v) is 11.8. The normalized spacial score (nSPS) is 23.5. The number of imide groups is 1. The van der Waals surface area contributed by atoms with E-state index >= 15 is 0 Å². The van der Waals surface area contributed by atoms with Crippen LogP contribution in [0.25, 0.3) is 0 Å². The molecule has 2 aromatic rings. The van der Waals surface area contributed by atoms with Crippen molar-refractivity contribution in [2.45, 2.75) is 44.9 Å². The van der Waals surface area contributed by atoms with Gasteiger partial charge in [0.05, 0.1) is 0 Å². The average Bonchev–Trinajstić information content (AvgIpc) is 3.18. The Balaban J connectivity index is 1.36. The van der Waals surface area contributed by atoms with Crippen LogP contribution in [0.1, 0.15) is 29.5 Å². The third kappa shape index (κ3) is 4.32. The van der Waals surface area contributed by atoms with E-state index in [9.17, 15) is 9.59 Å². The van der Waals surface area contributed by atoms with E-state index in [0.717, 1.165) is 43.9 Å². The van der Waals surface area contributed by atoms with Crippen LogP contribution in [0.3, 0.4) is 0 Å². The fourth-order valence-corrected chi connectivity index (χ4v) is 5.24. The molecule has 1 N–H and O–H groups in total. The Morgan fingerprint density at radius 3 is 2.45 bits per heavy atom. The van der Waals surface area contributed by atoms with Gasteiger partial charge in [-0.2, -0.15) is 0 Å². The maximum absolute atomic E-state index is 12.9. The number of piperidine rings is 1. The Bertz CT molecular complexity index is 1060. The van der Waals surface area contributed by atoms with Crippen LogP contribution in [0.15, 0.2) is 59.6 Å². The number of carbonyl (C=O) groups excluding carboxylic acids is 2. The fraction of sp³-hybridized carbons (Fsp3) is 0.423. The van der Waals surface area contributed by atoms with Crippen molar-refractivity contribution in [2.75, 3.05) is 20.1 Å². The number of fused-ring (bicyclic) bond motifs is 1. The number of rotatable bonds is 4. The number of nitrogens with zero attached hydrogens (tertiary/aromatic N) is 4. The third-order valence-electron chi connectivity index (χ3n) is 7.04. The molecule has 3 amide bonds. The lowest BCUT2D eigenvalue weighted by Crippen LogP contribution is -2.64. The highest BCUT2D eigenvalue weighted by atomic mass is 16.2. The van der Waals surface area contributed by atoms with E-state index in [2.05, 4.69) is 70.6 Å². The van der Waals surface area contributed by atoms with Crippen LogP contribution in [0, 0.1) is 12.8 Å². The molecule has 7 heteroatoms. The molecule has 0 spiro atoms. The van der Waals surface area contributed by atoms with Crippen molar-refractivity contribution in [3.63, 3.8) is 0 Å². The molecule has 172 valence electrons. The first-order valence-electron chi connectivity index (χ1n) is 11.8. The molecule has 33 heavy (non-hydrogen) atoms. The van der Waals surface area contributed by atoms with Crippen LogP contribution >= 0.6 is 0 Å². The summed E-state index contributed by atoms with van der Waals surface area (Å²) in [6.45, 7) is 4.46. The number of benzene rings is 2. The molecule has 3 aliphatic heterocycles. The van der Waals surface area contributed by atoms with Gasteiger partial charge in [0, 0.05) is 26.7 Å². The van der Waals surface area contributed by atoms with Crippen molar-refractivity contribution >= 4 is 17.9 Å². The predicted octanol–water partition coefficient (Wildman–Crippen LogP) is 3.00. The number of hydrogen-bond acceptors (Lipinski definition) is 5. The van der Waals surface area contributed by atoms with Crippen LogP contribution in [-0.4, -0.2) is 64.9 Å². The minimum Gasteiger partial charge on any atom is -0.343 e. The van der Waals surface area contributed by atoms with Gasteiger partial charge >= 0.3 is 6.03 Å². The number of guanidine groups is 1. The average molecular weight is 446 g/mol. The number of amides is 3. The molecule has 0 aliphatic carbocycles. The molecule has 0 radical (unpaired) electrons. The highest BCUT2D eigenvalue weighted by Crippen LogP contribution is 2.30. The first kappa shape index (κ1) is 21.5. The molecule has 2 aromatic carbocycles. The fourth-order valence-electron chi connectivity index (χ4n) is 5.24. The van der Waals surface area contributed by atoms with Gasteiger partial charge in [-0.1, -0.05) is 60.2 Å². The molecule has 2 saturated heterocycles. The van der Waals surface area contributed by atoms with Crippen LogP contribution in [-0.2, 0) is 17.8 Å². The summed E-state index contributed by atoms with van der Waals surface area (Å²) in [5, 5.41) is 2.50. The highest BCUT2D eigenvalue weighted by molar-refractivity contribution is 6.03. The Morgan fingerprint density at radius 2 is 1.73 bits per heavy atom. The van der Waals surface area contributed by atoms with Gasteiger partial charge in [0.15, 0.2) is 18.2 Å². The van der Waals surface area contributed by atoms with Gasteiger partial charge in [0.1, 0.15) is 0 Å². The monoisotopic (exact) mass is 445 g/mol. The SMILES string of the molecule is Cc1cccc(CN2C(N3CCC(Cc4ccccc4)CC3)=NC3C2C(=O)NC(=O)N3C)c1. The molecule has 0 bridgehead atoms. The molecule has 0 aromatic heterocycles. The molecule has 3 heterocycles. The van der Waals surface area contributed by atoms with E-state index in [4.69, 9.17) is 4.99 Å². The van der Waals surface area contributed by atoms with Crippen LogP contribution < -0.4 is 5.32 Å². The summed E-state index contributed by atoms with van der Waals surface area (Å²) in [5.74, 6) is 1.21. The van der Waals surface area contributed by atoms with E-state index in [1.165, 1.54) is 11.1 Å². The Hall–Kier alpha value is -3.35. The van der Waals surface area contributed by atoms with Gasteiger partial charge in [-0.05, 0) is 43.2 Å². The largest absolute Gasteiger partial charge is 0.343 e. The number of hydrogen-bond donors (Lipinski definition) is 1.